The average Bonchev–Trinajstić information content (AvgIpc) is 2.17. The van der Waals surface area contributed by atoms with Crippen LogP contribution in [0.4, 0.5) is 11.6 Å². The molecular weight excluding hydrogens is 212 g/mol. The molecule has 0 aliphatic carbocycles. The fraction of sp³-hybridized carbons (Fsp3) is 0.100. The van der Waals surface area contributed by atoms with E-state index in [2.05, 4.69) is 20.5 Å². The molecule has 0 fully saturated rings. The average molecular weight is 221 g/mol. The van der Waals surface area contributed by atoms with E-state index in [-0.39, 0.29) is 0 Å². The second-order valence-corrected chi connectivity index (χ2v) is 3.49. The molecule has 0 aliphatic heterocycles. The van der Waals surface area contributed by atoms with Gasteiger partial charge in [0, 0.05) is 10.7 Å². The lowest BCUT2D eigenvalue weighted by molar-refractivity contribution is 0.949. The molecule has 4 nitrogen and oxygen atoms in total. The quantitative estimate of drug-likeness (QED) is 0.845. The minimum Gasteiger partial charge on any atom is -0.323 e. The third-order valence-corrected chi connectivity index (χ3v) is 2.00. The number of rotatable bonds is 2. The number of nitrogens with one attached hydrogen (secondary N) is 1. The van der Waals surface area contributed by atoms with Gasteiger partial charge in [-0.3, -0.25) is 0 Å². The molecule has 1 aromatic heterocycles. The van der Waals surface area contributed by atoms with Crippen molar-refractivity contribution in [2.75, 3.05) is 5.32 Å². The molecule has 2 rings (SSSR count). The van der Waals surface area contributed by atoms with Gasteiger partial charge < -0.3 is 5.32 Å². The Morgan fingerprint density at radius 1 is 1.33 bits per heavy atom. The molecule has 0 saturated heterocycles. The summed E-state index contributed by atoms with van der Waals surface area (Å²) in [5, 5.41) is 11.3. The van der Waals surface area contributed by atoms with Crippen molar-refractivity contribution in [2.45, 2.75) is 6.92 Å². The number of hydrogen-bond acceptors (Lipinski definition) is 4. The molecular formula is C10H9ClN4. The van der Waals surface area contributed by atoms with Crippen LogP contribution in [0.5, 0.6) is 0 Å². The van der Waals surface area contributed by atoms with E-state index in [0.29, 0.717) is 11.0 Å². The van der Waals surface area contributed by atoms with E-state index in [4.69, 9.17) is 11.6 Å². The summed E-state index contributed by atoms with van der Waals surface area (Å²) in [6.45, 7) is 1.86. The first-order valence-corrected chi connectivity index (χ1v) is 4.81. The Labute approximate surface area is 92.3 Å². The first-order chi connectivity index (χ1) is 7.24. The number of aryl methyl sites for hydroxylation is 1. The molecule has 5 heteroatoms. The van der Waals surface area contributed by atoms with Gasteiger partial charge in [0.05, 0.1) is 11.9 Å². The Morgan fingerprint density at radius 3 is 2.93 bits per heavy atom. The topological polar surface area (TPSA) is 50.7 Å². The highest BCUT2D eigenvalue weighted by Crippen LogP contribution is 2.17. The Balaban J connectivity index is 2.22. The summed E-state index contributed by atoms with van der Waals surface area (Å²) in [5.74, 6) is 0.470. The number of nitrogens with zero attached hydrogens (tertiary/aromatic N) is 3. The van der Waals surface area contributed by atoms with Crippen molar-refractivity contribution < 1.29 is 0 Å². The van der Waals surface area contributed by atoms with Gasteiger partial charge in [0.25, 0.3) is 0 Å². The molecule has 1 heterocycles. The number of hydrogen-bond donors (Lipinski definition) is 1. The van der Waals surface area contributed by atoms with Crippen LogP contribution >= 0.6 is 11.6 Å². The van der Waals surface area contributed by atoms with Gasteiger partial charge in [-0.2, -0.15) is 5.10 Å². The smallest absolute Gasteiger partial charge is 0.247 e. The van der Waals surface area contributed by atoms with Crippen molar-refractivity contribution in [3.8, 4) is 0 Å². The first-order valence-electron chi connectivity index (χ1n) is 4.43. The normalized spacial score (nSPS) is 10.0. The van der Waals surface area contributed by atoms with Gasteiger partial charge in [0.15, 0.2) is 0 Å². The van der Waals surface area contributed by atoms with Crippen molar-refractivity contribution in [3.05, 3.63) is 41.2 Å². The third-order valence-electron chi connectivity index (χ3n) is 1.76. The molecule has 0 unspecified atom stereocenters. The molecule has 0 saturated carbocycles. The minimum absolute atomic E-state index is 0.470. The minimum atomic E-state index is 0.470. The predicted octanol–water partition coefficient (Wildman–Crippen LogP) is 2.58. The molecule has 0 aliphatic rings. The maximum absolute atomic E-state index is 5.85. The van der Waals surface area contributed by atoms with Crippen LogP contribution in [0.3, 0.4) is 0 Å². The Hall–Kier alpha value is -1.68. The van der Waals surface area contributed by atoms with E-state index < -0.39 is 0 Å². The maximum Gasteiger partial charge on any atom is 0.247 e. The zero-order chi connectivity index (χ0) is 10.7. The van der Waals surface area contributed by atoms with Crippen molar-refractivity contribution in [1.29, 1.82) is 0 Å². The summed E-state index contributed by atoms with van der Waals surface area (Å²) < 4.78 is 0. The van der Waals surface area contributed by atoms with Crippen molar-refractivity contribution >= 4 is 23.2 Å². The van der Waals surface area contributed by atoms with Crippen LogP contribution in [0.15, 0.2) is 30.5 Å². The number of benzene rings is 1. The molecule has 1 N–H and O–H groups in total. The van der Waals surface area contributed by atoms with E-state index in [1.807, 2.05) is 25.1 Å². The van der Waals surface area contributed by atoms with Crippen LogP contribution in [0.1, 0.15) is 5.69 Å². The molecule has 0 atom stereocenters. The van der Waals surface area contributed by atoms with Gasteiger partial charge >= 0.3 is 0 Å². The third kappa shape index (κ3) is 2.63. The zero-order valence-electron chi connectivity index (χ0n) is 8.11. The Bertz CT molecular complexity index is 429. The van der Waals surface area contributed by atoms with Gasteiger partial charge in [-0.15, -0.1) is 5.10 Å². The van der Waals surface area contributed by atoms with Gasteiger partial charge in [-0.05, 0) is 25.1 Å². The van der Waals surface area contributed by atoms with E-state index >= 15 is 0 Å². The molecule has 0 amide bonds. The summed E-state index contributed by atoms with van der Waals surface area (Å²) in [7, 11) is 0. The summed E-state index contributed by atoms with van der Waals surface area (Å²) in [5.41, 5.74) is 1.66. The molecule has 0 bridgehead atoms. The lowest BCUT2D eigenvalue weighted by Crippen LogP contribution is -1.99. The van der Waals surface area contributed by atoms with Crippen LogP contribution in [0.2, 0.25) is 5.02 Å². The standard InChI is InChI=1S/C10H9ClN4/c1-7-6-12-15-10(13-7)14-9-4-2-3-8(11)5-9/h2-6H,1H3,(H,13,14,15). The maximum atomic E-state index is 5.85. The van der Waals surface area contributed by atoms with Gasteiger partial charge in [0.2, 0.25) is 5.95 Å². The summed E-state index contributed by atoms with van der Waals surface area (Å²) in [6.07, 6.45) is 1.60. The molecule has 76 valence electrons. The fourth-order valence-electron chi connectivity index (χ4n) is 1.13. The number of anilines is 2. The number of aromatic nitrogens is 3. The molecule has 1 aromatic carbocycles. The molecule has 0 spiro atoms. The number of halogens is 1. The second kappa shape index (κ2) is 4.23. The monoisotopic (exact) mass is 220 g/mol. The predicted molar refractivity (Wildman–Crippen MR) is 59.3 cm³/mol. The highest BCUT2D eigenvalue weighted by Gasteiger charge is 1.98. The molecule has 2 aromatic rings. The first kappa shape index (κ1) is 9.86. The van der Waals surface area contributed by atoms with Crippen molar-refractivity contribution in [2.24, 2.45) is 0 Å². The molecule has 0 radical (unpaired) electrons. The van der Waals surface area contributed by atoms with Crippen LogP contribution in [0, 0.1) is 6.92 Å². The van der Waals surface area contributed by atoms with Gasteiger partial charge in [0.1, 0.15) is 0 Å². The summed E-state index contributed by atoms with van der Waals surface area (Å²) >= 11 is 5.85. The fourth-order valence-corrected chi connectivity index (χ4v) is 1.32. The van der Waals surface area contributed by atoms with Crippen LogP contribution < -0.4 is 5.32 Å². The second-order valence-electron chi connectivity index (χ2n) is 3.06. The van der Waals surface area contributed by atoms with E-state index in [1.165, 1.54) is 0 Å². The highest BCUT2D eigenvalue weighted by molar-refractivity contribution is 6.30. The lowest BCUT2D eigenvalue weighted by atomic mass is 10.3. The Morgan fingerprint density at radius 2 is 2.20 bits per heavy atom. The van der Waals surface area contributed by atoms with Crippen molar-refractivity contribution in [3.63, 3.8) is 0 Å². The largest absolute Gasteiger partial charge is 0.323 e. The van der Waals surface area contributed by atoms with Crippen LogP contribution in [-0.2, 0) is 0 Å². The van der Waals surface area contributed by atoms with Crippen LogP contribution in [-0.4, -0.2) is 15.2 Å². The Kier molecular flexibility index (Phi) is 2.78. The zero-order valence-corrected chi connectivity index (χ0v) is 8.86. The summed E-state index contributed by atoms with van der Waals surface area (Å²) in [4.78, 5) is 4.17. The van der Waals surface area contributed by atoms with E-state index in [0.717, 1.165) is 11.4 Å². The van der Waals surface area contributed by atoms with Gasteiger partial charge in [-0.25, -0.2) is 4.98 Å². The van der Waals surface area contributed by atoms with Gasteiger partial charge in [-0.1, -0.05) is 17.7 Å². The van der Waals surface area contributed by atoms with Crippen LogP contribution in [0.25, 0.3) is 0 Å². The van der Waals surface area contributed by atoms with E-state index in [1.54, 1.807) is 12.3 Å². The SMILES string of the molecule is Cc1cnnc(Nc2cccc(Cl)c2)n1. The lowest BCUT2D eigenvalue weighted by Gasteiger charge is -2.03. The van der Waals surface area contributed by atoms with Crippen molar-refractivity contribution in [1.82, 2.24) is 15.2 Å². The van der Waals surface area contributed by atoms with E-state index in [9.17, 15) is 0 Å². The highest BCUT2D eigenvalue weighted by atomic mass is 35.5. The summed E-state index contributed by atoms with van der Waals surface area (Å²) in [6, 6.07) is 7.35. The molecule has 15 heavy (non-hydrogen) atoms.